The van der Waals surface area contributed by atoms with E-state index < -0.39 is 0 Å². The smallest absolute Gasteiger partial charge is 0.243 e. The molecule has 0 radical (unpaired) electrons. The molecule has 0 bridgehead atoms. The van der Waals surface area contributed by atoms with E-state index in [1.165, 1.54) is 17.8 Å². The zero-order valence-corrected chi connectivity index (χ0v) is 13.1. The molecule has 112 valence electrons. The fourth-order valence-corrected chi connectivity index (χ4v) is 3.80. The minimum atomic E-state index is -0.125. The average molecular weight is 304 g/mol. The van der Waals surface area contributed by atoms with Gasteiger partial charge in [-0.25, -0.2) is 4.98 Å². The van der Waals surface area contributed by atoms with E-state index in [2.05, 4.69) is 22.1 Å². The molecule has 2 atom stereocenters. The van der Waals surface area contributed by atoms with E-state index in [0.717, 1.165) is 23.2 Å². The molecule has 1 aromatic carbocycles. The lowest BCUT2D eigenvalue weighted by Crippen LogP contribution is -2.43. The fourth-order valence-electron chi connectivity index (χ4n) is 2.89. The van der Waals surface area contributed by atoms with Crippen LogP contribution in [0, 0.1) is 0 Å². The van der Waals surface area contributed by atoms with Crippen LogP contribution in [0.25, 0.3) is 10.2 Å². The maximum atomic E-state index is 12.4. The van der Waals surface area contributed by atoms with Gasteiger partial charge in [0.2, 0.25) is 5.91 Å². The number of likely N-dealkylation sites (tertiary alicyclic amines) is 1. The van der Waals surface area contributed by atoms with E-state index in [-0.39, 0.29) is 11.9 Å². The Morgan fingerprint density at radius 3 is 3.10 bits per heavy atom. The van der Waals surface area contributed by atoms with E-state index in [4.69, 9.17) is 5.73 Å². The summed E-state index contributed by atoms with van der Waals surface area (Å²) in [5.41, 5.74) is 7.34. The van der Waals surface area contributed by atoms with Crippen LogP contribution in [0.1, 0.15) is 26.7 Å². The van der Waals surface area contributed by atoms with Crippen LogP contribution in [0.3, 0.4) is 0 Å². The van der Waals surface area contributed by atoms with Crippen molar-refractivity contribution in [2.75, 3.05) is 17.6 Å². The quantitative estimate of drug-likeness (QED) is 0.855. The molecule has 2 heterocycles. The maximum absolute atomic E-state index is 12.4. The Bertz CT molecular complexity index is 669. The largest absolute Gasteiger partial charge is 0.399 e. The highest BCUT2D eigenvalue weighted by atomic mass is 32.1. The van der Waals surface area contributed by atoms with Gasteiger partial charge in [-0.15, -0.1) is 0 Å². The number of carbonyl (C=O) groups excluding carboxylic acids is 1. The molecule has 0 spiro atoms. The number of carbonyl (C=O) groups is 1. The Hall–Kier alpha value is -1.66. The van der Waals surface area contributed by atoms with E-state index in [0.29, 0.717) is 16.9 Å². The molecule has 1 aliphatic heterocycles. The minimum Gasteiger partial charge on any atom is -0.399 e. The molecule has 1 fully saturated rings. The number of nitrogen functional groups attached to an aromatic ring is 1. The molecule has 2 aromatic rings. The van der Waals surface area contributed by atoms with Crippen LogP contribution in [0.5, 0.6) is 0 Å². The number of nitrogens with zero attached hydrogens (tertiary/aromatic N) is 2. The molecule has 0 aliphatic carbocycles. The van der Waals surface area contributed by atoms with E-state index in [9.17, 15) is 4.79 Å². The monoisotopic (exact) mass is 304 g/mol. The predicted octanol–water partition coefficient (Wildman–Crippen LogP) is 2.69. The molecule has 1 amide bonds. The zero-order valence-electron chi connectivity index (χ0n) is 12.3. The molecule has 1 saturated heterocycles. The van der Waals surface area contributed by atoms with Crippen molar-refractivity contribution in [2.45, 2.75) is 38.8 Å². The Kier molecular flexibility index (Phi) is 3.82. The number of thiazole rings is 1. The standard InChI is InChI=1S/C15H20N4OS/c1-9-4-3-7-19(9)10(2)14(20)18-15-17-12-6-5-11(16)8-13(12)21-15/h5-6,8-10H,3-4,7,16H2,1-2H3,(H,17,18,20). The Morgan fingerprint density at radius 2 is 2.38 bits per heavy atom. The zero-order chi connectivity index (χ0) is 15.0. The van der Waals surface area contributed by atoms with Crippen molar-refractivity contribution in [3.05, 3.63) is 18.2 Å². The van der Waals surface area contributed by atoms with Crippen molar-refractivity contribution in [3.63, 3.8) is 0 Å². The number of fused-ring (bicyclic) bond motifs is 1. The van der Waals surface area contributed by atoms with Gasteiger partial charge in [0.15, 0.2) is 5.13 Å². The van der Waals surface area contributed by atoms with Gasteiger partial charge < -0.3 is 11.1 Å². The molecule has 5 nitrogen and oxygen atoms in total. The summed E-state index contributed by atoms with van der Waals surface area (Å²) in [4.78, 5) is 19.1. The normalized spacial score (nSPS) is 20.8. The van der Waals surface area contributed by atoms with Gasteiger partial charge in [-0.1, -0.05) is 11.3 Å². The van der Waals surface area contributed by atoms with Crippen LogP contribution in [-0.2, 0) is 4.79 Å². The Labute approximate surface area is 128 Å². The second kappa shape index (κ2) is 5.61. The van der Waals surface area contributed by atoms with Gasteiger partial charge >= 0.3 is 0 Å². The number of benzene rings is 1. The number of aromatic nitrogens is 1. The summed E-state index contributed by atoms with van der Waals surface area (Å²) in [7, 11) is 0. The van der Waals surface area contributed by atoms with Gasteiger partial charge in [0, 0.05) is 11.7 Å². The summed E-state index contributed by atoms with van der Waals surface area (Å²) in [5.74, 6) is 0.00998. The SMILES string of the molecule is CC1CCCN1C(C)C(=O)Nc1nc2ccc(N)cc2s1. The average Bonchev–Trinajstić information content (AvgIpc) is 3.03. The van der Waals surface area contributed by atoms with Gasteiger partial charge in [-0.05, 0) is 51.4 Å². The summed E-state index contributed by atoms with van der Waals surface area (Å²) >= 11 is 1.46. The van der Waals surface area contributed by atoms with Gasteiger partial charge in [0.05, 0.1) is 16.3 Å². The molecular weight excluding hydrogens is 284 g/mol. The van der Waals surface area contributed by atoms with Gasteiger partial charge in [0.25, 0.3) is 0 Å². The molecule has 2 unspecified atom stereocenters. The molecule has 21 heavy (non-hydrogen) atoms. The van der Waals surface area contributed by atoms with Crippen molar-refractivity contribution in [3.8, 4) is 0 Å². The number of nitrogens with two attached hydrogens (primary N) is 1. The Balaban J connectivity index is 1.73. The van der Waals surface area contributed by atoms with Crippen LogP contribution >= 0.6 is 11.3 Å². The molecular formula is C15H20N4OS. The highest BCUT2D eigenvalue weighted by Crippen LogP contribution is 2.28. The second-order valence-corrected chi connectivity index (χ2v) is 6.67. The maximum Gasteiger partial charge on any atom is 0.243 e. The third kappa shape index (κ3) is 2.87. The van der Waals surface area contributed by atoms with Crippen LogP contribution in [0.15, 0.2) is 18.2 Å². The van der Waals surface area contributed by atoms with Crippen LogP contribution < -0.4 is 11.1 Å². The molecule has 1 aromatic heterocycles. The van der Waals surface area contributed by atoms with E-state index in [1.54, 1.807) is 0 Å². The van der Waals surface area contributed by atoms with Gasteiger partial charge in [0.1, 0.15) is 0 Å². The first-order valence-electron chi connectivity index (χ1n) is 7.27. The first-order valence-corrected chi connectivity index (χ1v) is 8.09. The Morgan fingerprint density at radius 1 is 1.57 bits per heavy atom. The molecule has 6 heteroatoms. The highest BCUT2D eigenvalue weighted by Gasteiger charge is 2.29. The van der Waals surface area contributed by atoms with Crippen molar-refractivity contribution in [1.29, 1.82) is 0 Å². The number of rotatable bonds is 3. The lowest BCUT2D eigenvalue weighted by atomic mass is 10.2. The van der Waals surface area contributed by atoms with E-state index >= 15 is 0 Å². The van der Waals surface area contributed by atoms with Crippen LogP contribution in [-0.4, -0.2) is 34.4 Å². The number of amides is 1. The third-order valence-corrected chi connectivity index (χ3v) is 5.06. The summed E-state index contributed by atoms with van der Waals surface area (Å²) in [6.07, 6.45) is 2.33. The summed E-state index contributed by atoms with van der Waals surface area (Å²) in [6.45, 7) is 5.13. The van der Waals surface area contributed by atoms with E-state index in [1.807, 2.05) is 25.1 Å². The number of hydrogen-bond acceptors (Lipinski definition) is 5. The summed E-state index contributed by atoms with van der Waals surface area (Å²) < 4.78 is 0.993. The molecule has 3 rings (SSSR count). The summed E-state index contributed by atoms with van der Waals surface area (Å²) in [5, 5.41) is 3.57. The van der Waals surface area contributed by atoms with Gasteiger partial charge in [-0.2, -0.15) is 0 Å². The summed E-state index contributed by atoms with van der Waals surface area (Å²) in [6, 6.07) is 5.93. The van der Waals surface area contributed by atoms with Crippen molar-refractivity contribution >= 4 is 38.3 Å². The first kappa shape index (κ1) is 14.3. The van der Waals surface area contributed by atoms with Crippen LogP contribution in [0.4, 0.5) is 10.8 Å². The minimum absolute atomic E-state index is 0.00998. The van der Waals surface area contributed by atoms with Crippen molar-refractivity contribution in [1.82, 2.24) is 9.88 Å². The topological polar surface area (TPSA) is 71.2 Å². The lowest BCUT2D eigenvalue weighted by molar-refractivity contribution is -0.121. The predicted molar refractivity (Wildman–Crippen MR) is 87.5 cm³/mol. The number of anilines is 2. The molecule has 0 saturated carbocycles. The third-order valence-electron chi connectivity index (χ3n) is 4.12. The number of hydrogen-bond donors (Lipinski definition) is 2. The van der Waals surface area contributed by atoms with Crippen LogP contribution in [0.2, 0.25) is 0 Å². The molecule has 1 aliphatic rings. The van der Waals surface area contributed by atoms with Crippen molar-refractivity contribution in [2.24, 2.45) is 0 Å². The van der Waals surface area contributed by atoms with Gasteiger partial charge in [-0.3, -0.25) is 9.69 Å². The first-order chi connectivity index (χ1) is 10.0. The van der Waals surface area contributed by atoms with Crippen molar-refractivity contribution < 1.29 is 4.79 Å². The fraction of sp³-hybridized carbons (Fsp3) is 0.467. The molecule has 3 N–H and O–H groups in total. The second-order valence-electron chi connectivity index (χ2n) is 5.64. The number of nitrogens with one attached hydrogen (secondary N) is 1. The highest BCUT2D eigenvalue weighted by molar-refractivity contribution is 7.22. The lowest BCUT2D eigenvalue weighted by Gasteiger charge is -2.27.